The van der Waals surface area contributed by atoms with Gasteiger partial charge in [0.25, 0.3) is 5.91 Å². The van der Waals surface area contributed by atoms with Crippen molar-refractivity contribution in [1.82, 2.24) is 10.6 Å². The first-order valence-electron chi connectivity index (χ1n) is 5.34. The van der Waals surface area contributed by atoms with Gasteiger partial charge < -0.3 is 15.1 Å². The second-order valence-corrected chi connectivity index (χ2v) is 3.91. The number of aryl methyl sites for hydroxylation is 1. The van der Waals surface area contributed by atoms with Crippen LogP contribution in [-0.2, 0) is 0 Å². The fourth-order valence-corrected chi connectivity index (χ4v) is 1.78. The Hall–Kier alpha value is -1.29. The molecule has 0 unspecified atom stereocenters. The van der Waals surface area contributed by atoms with E-state index >= 15 is 0 Å². The summed E-state index contributed by atoms with van der Waals surface area (Å²) in [6.07, 6.45) is 1.98. The van der Waals surface area contributed by atoms with Gasteiger partial charge in [-0.05, 0) is 45.0 Å². The number of furan rings is 1. The SMILES string of the molecule is Cc1ccc(C(=O)NC2CCNCC2)o1. The van der Waals surface area contributed by atoms with Gasteiger partial charge in [-0.3, -0.25) is 4.79 Å². The maximum Gasteiger partial charge on any atom is 0.287 e. The van der Waals surface area contributed by atoms with Crippen LogP contribution in [0.25, 0.3) is 0 Å². The van der Waals surface area contributed by atoms with Crippen molar-refractivity contribution in [3.8, 4) is 0 Å². The van der Waals surface area contributed by atoms with Crippen LogP contribution in [0, 0.1) is 6.92 Å². The van der Waals surface area contributed by atoms with Gasteiger partial charge in [0.2, 0.25) is 0 Å². The van der Waals surface area contributed by atoms with E-state index in [0.717, 1.165) is 31.7 Å². The molecule has 0 spiro atoms. The van der Waals surface area contributed by atoms with Gasteiger partial charge in [-0.15, -0.1) is 0 Å². The molecule has 0 atom stereocenters. The van der Waals surface area contributed by atoms with E-state index in [4.69, 9.17) is 4.42 Å². The van der Waals surface area contributed by atoms with E-state index in [-0.39, 0.29) is 11.9 Å². The predicted molar refractivity (Wildman–Crippen MR) is 56.8 cm³/mol. The largest absolute Gasteiger partial charge is 0.456 e. The van der Waals surface area contributed by atoms with E-state index in [9.17, 15) is 4.79 Å². The maximum absolute atomic E-state index is 11.7. The Bertz CT molecular complexity index is 340. The number of hydrogen-bond acceptors (Lipinski definition) is 3. The Morgan fingerprint density at radius 2 is 2.20 bits per heavy atom. The van der Waals surface area contributed by atoms with Gasteiger partial charge >= 0.3 is 0 Å². The Morgan fingerprint density at radius 3 is 2.80 bits per heavy atom. The summed E-state index contributed by atoms with van der Waals surface area (Å²) in [4.78, 5) is 11.7. The molecule has 0 aliphatic carbocycles. The van der Waals surface area contributed by atoms with Crippen LogP contribution in [-0.4, -0.2) is 25.0 Å². The van der Waals surface area contributed by atoms with Crippen molar-refractivity contribution < 1.29 is 9.21 Å². The summed E-state index contributed by atoms with van der Waals surface area (Å²) in [5, 5.41) is 6.23. The van der Waals surface area contributed by atoms with Crippen LogP contribution in [0.3, 0.4) is 0 Å². The van der Waals surface area contributed by atoms with Crippen molar-refractivity contribution in [2.45, 2.75) is 25.8 Å². The number of piperidine rings is 1. The van der Waals surface area contributed by atoms with Crippen molar-refractivity contribution in [3.63, 3.8) is 0 Å². The fourth-order valence-electron chi connectivity index (χ4n) is 1.78. The number of rotatable bonds is 2. The molecule has 1 aromatic rings. The number of carbonyl (C=O) groups is 1. The molecule has 15 heavy (non-hydrogen) atoms. The lowest BCUT2D eigenvalue weighted by Crippen LogP contribution is -2.42. The molecule has 2 N–H and O–H groups in total. The van der Waals surface area contributed by atoms with E-state index in [2.05, 4.69) is 10.6 Å². The van der Waals surface area contributed by atoms with E-state index in [0.29, 0.717) is 5.76 Å². The van der Waals surface area contributed by atoms with Gasteiger partial charge in [0.05, 0.1) is 0 Å². The summed E-state index contributed by atoms with van der Waals surface area (Å²) >= 11 is 0. The standard InChI is InChI=1S/C11H16N2O2/c1-8-2-3-10(15-8)11(14)13-9-4-6-12-7-5-9/h2-3,9,12H,4-7H2,1H3,(H,13,14). The second kappa shape index (κ2) is 4.49. The molecule has 2 rings (SSSR count). The molecule has 0 radical (unpaired) electrons. The molecule has 0 bridgehead atoms. The fraction of sp³-hybridized carbons (Fsp3) is 0.545. The molecule has 0 saturated carbocycles. The van der Waals surface area contributed by atoms with E-state index in [1.54, 1.807) is 12.1 Å². The van der Waals surface area contributed by atoms with Crippen LogP contribution in [0.5, 0.6) is 0 Å². The Kier molecular flexibility index (Phi) is 3.06. The quantitative estimate of drug-likeness (QED) is 0.764. The molecule has 1 amide bonds. The van der Waals surface area contributed by atoms with Gasteiger partial charge in [-0.2, -0.15) is 0 Å². The number of hydrogen-bond donors (Lipinski definition) is 2. The molecule has 1 fully saturated rings. The molecule has 1 saturated heterocycles. The van der Waals surface area contributed by atoms with Crippen molar-refractivity contribution in [1.29, 1.82) is 0 Å². The first-order chi connectivity index (χ1) is 7.25. The third-order valence-corrected chi connectivity index (χ3v) is 2.64. The first kappa shape index (κ1) is 10.2. The minimum Gasteiger partial charge on any atom is -0.456 e. The molecule has 1 aromatic heterocycles. The van der Waals surface area contributed by atoms with Crippen molar-refractivity contribution in [3.05, 3.63) is 23.7 Å². The van der Waals surface area contributed by atoms with Crippen molar-refractivity contribution in [2.75, 3.05) is 13.1 Å². The summed E-state index contributed by atoms with van der Waals surface area (Å²) in [5.74, 6) is 1.08. The highest BCUT2D eigenvalue weighted by molar-refractivity contribution is 5.91. The van der Waals surface area contributed by atoms with Crippen LogP contribution in [0.4, 0.5) is 0 Å². The molecular formula is C11H16N2O2. The molecule has 0 aromatic carbocycles. The predicted octanol–water partition coefficient (Wildman–Crippen LogP) is 1.07. The summed E-state index contributed by atoms with van der Waals surface area (Å²) in [7, 11) is 0. The number of nitrogens with one attached hydrogen (secondary N) is 2. The minimum absolute atomic E-state index is 0.102. The molecule has 4 nitrogen and oxygen atoms in total. The maximum atomic E-state index is 11.7. The van der Waals surface area contributed by atoms with Crippen LogP contribution >= 0.6 is 0 Å². The van der Waals surface area contributed by atoms with Gasteiger partial charge in [0.15, 0.2) is 5.76 Å². The monoisotopic (exact) mass is 208 g/mol. The van der Waals surface area contributed by atoms with Gasteiger partial charge in [-0.25, -0.2) is 0 Å². The van der Waals surface area contributed by atoms with Gasteiger partial charge in [0, 0.05) is 6.04 Å². The smallest absolute Gasteiger partial charge is 0.287 e. The highest BCUT2D eigenvalue weighted by Gasteiger charge is 2.17. The van der Waals surface area contributed by atoms with Crippen LogP contribution in [0.1, 0.15) is 29.2 Å². The van der Waals surface area contributed by atoms with Crippen LogP contribution in [0.2, 0.25) is 0 Å². The van der Waals surface area contributed by atoms with Crippen molar-refractivity contribution in [2.24, 2.45) is 0 Å². The van der Waals surface area contributed by atoms with Crippen molar-refractivity contribution >= 4 is 5.91 Å². The topological polar surface area (TPSA) is 54.3 Å². The third-order valence-electron chi connectivity index (χ3n) is 2.64. The molecule has 82 valence electrons. The van der Waals surface area contributed by atoms with Gasteiger partial charge in [0.1, 0.15) is 5.76 Å². The number of carbonyl (C=O) groups excluding carboxylic acids is 1. The lowest BCUT2D eigenvalue weighted by atomic mass is 10.1. The zero-order valence-electron chi connectivity index (χ0n) is 8.88. The Balaban J connectivity index is 1.91. The Morgan fingerprint density at radius 1 is 1.47 bits per heavy atom. The third kappa shape index (κ3) is 2.59. The summed E-state index contributed by atoms with van der Waals surface area (Å²) < 4.78 is 5.26. The highest BCUT2D eigenvalue weighted by Crippen LogP contribution is 2.08. The van der Waals surface area contributed by atoms with Gasteiger partial charge in [-0.1, -0.05) is 0 Å². The summed E-state index contributed by atoms with van der Waals surface area (Å²) in [6, 6.07) is 3.80. The molecule has 1 aliphatic heterocycles. The number of amides is 1. The average Bonchev–Trinajstić information content (AvgIpc) is 2.66. The molecule has 2 heterocycles. The second-order valence-electron chi connectivity index (χ2n) is 3.91. The minimum atomic E-state index is -0.102. The average molecular weight is 208 g/mol. The summed E-state index contributed by atoms with van der Waals surface area (Å²) in [6.45, 7) is 3.78. The van der Waals surface area contributed by atoms with E-state index < -0.39 is 0 Å². The normalized spacial score (nSPS) is 17.7. The first-order valence-corrected chi connectivity index (χ1v) is 5.34. The highest BCUT2D eigenvalue weighted by atomic mass is 16.3. The lowest BCUT2D eigenvalue weighted by molar-refractivity contribution is 0.0900. The van der Waals surface area contributed by atoms with E-state index in [1.807, 2.05) is 6.92 Å². The van der Waals surface area contributed by atoms with Crippen LogP contribution in [0.15, 0.2) is 16.5 Å². The summed E-state index contributed by atoms with van der Waals surface area (Å²) in [5.41, 5.74) is 0. The van der Waals surface area contributed by atoms with Crippen LogP contribution < -0.4 is 10.6 Å². The molecule has 4 heteroatoms. The molecule has 1 aliphatic rings. The zero-order chi connectivity index (χ0) is 10.7. The Labute approximate surface area is 89.0 Å². The van der Waals surface area contributed by atoms with E-state index in [1.165, 1.54) is 0 Å². The lowest BCUT2D eigenvalue weighted by Gasteiger charge is -2.23. The molecular weight excluding hydrogens is 192 g/mol. The zero-order valence-corrected chi connectivity index (χ0v) is 8.88.